The van der Waals surface area contributed by atoms with Gasteiger partial charge in [0.15, 0.2) is 0 Å². The number of aryl methyl sites for hydroxylation is 1. The first-order chi connectivity index (χ1) is 9.13. The van der Waals surface area contributed by atoms with Gasteiger partial charge in [-0.15, -0.1) is 0 Å². The Morgan fingerprint density at radius 2 is 1.89 bits per heavy atom. The molecule has 0 amide bonds. The average Bonchev–Trinajstić information content (AvgIpc) is 2.38. The Morgan fingerprint density at radius 3 is 2.53 bits per heavy atom. The number of methoxy groups -OCH3 is 1. The van der Waals surface area contributed by atoms with Crippen LogP contribution >= 0.6 is 0 Å². The molecule has 0 spiro atoms. The fourth-order valence-corrected chi connectivity index (χ4v) is 2.04. The third-order valence-electron chi connectivity index (χ3n) is 3.19. The molecule has 0 heterocycles. The Labute approximate surface area is 116 Å². The first-order valence-corrected chi connectivity index (χ1v) is 7.19. The van der Waals surface area contributed by atoms with Gasteiger partial charge in [-0.2, -0.15) is 0 Å². The number of rotatable bonds is 9. The third-order valence-corrected chi connectivity index (χ3v) is 3.19. The lowest BCUT2D eigenvalue weighted by atomic mass is 10.1. The number of hydrogen-bond donors (Lipinski definition) is 1. The second-order valence-electron chi connectivity index (χ2n) is 5.23. The molecule has 0 atom stereocenters. The molecule has 1 rings (SSSR count). The Morgan fingerprint density at radius 1 is 1.16 bits per heavy atom. The minimum absolute atomic E-state index is 0.152. The second kappa shape index (κ2) is 8.92. The lowest BCUT2D eigenvalue weighted by molar-refractivity contribution is 0.410. The van der Waals surface area contributed by atoms with E-state index in [4.69, 9.17) is 4.74 Å². The minimum atomic E-state index is -0.152. The molecular formula is C16H26FNO. The normalized spacial score (nSPS) is 11.0. The third kappa shape index (κ3) is 6.58. The topological polar surface area (TPSA) is 21.3 Å². The number of hydrogen-bond acceptors (Lipinski definition) is 2. The Kier molecular flexibility index (Phi) is 7.49. The van der Waals surface area contributed by atoms with Crippen LogP contribution < -0.4 is 10.1 Å². The number of nitrogens with one attached hydrogen (secondary N) is 1. The summed E-state index contributed by atoms with van der Waals surface area (Å²) in [6.07, 6.45) is 5.42. The molecule has 19 heavy (non-hydrogen) atoms. The molecular weight excluding hydrogens is 241 g/mol. The van der Waals surface area contributed by atoms with E-state index >= 15 is 0 Å². The van der Waals surface area contributed by atoms with E-state index in [1.807, 2.05) is 12.1 Å². The Bertz CT molecular complexity index is 366. The lowest BCUT2D eigenvalue weighted by Crippen LogP contribution is -2.23. The quantitative estimate of drug-likeness (QED) is 0.684. The summed E-state index contributed by atoms with van der Waals surface area (Å²) in [5.41, 5.74) is 0.793. The number of halogens is 1. The van der Waals surface area contributed by atoms with Gasteiger partial charge >= 0.3 is 0 Å². The first-order valence-electron chi connectivity index (χ1n) is 7.19. The zero-order valence-electron chi connectivity index (χ0n) is 12.3. The molecule has 0 fully saturated rings. The Hall–Kier alpha value is -1.09. The highest BCUT2D eigenvalue weighted by Gasteiger charge is 2.03. The molecule has 0 unspecified atom stereocenters. The number of benzene rings is 1. The molecule has 108 valence electrons. The molecule has 1 N–H and O–H groups in total. The molecule has 2 nitrogen and oxygen atoms in total. The van der Waals surface area contributed by atoms with Crippen LogP contribution in [0.4, 0.5) is 4.39 Å². The average molecular weight is 267 g/mol. The molecule has 0 radical (unpaired) electrons. The molecule has 0 aliphatic carbocycles. The summed E-state index contributed by atoms with van der Waals surface area (Å²) in [7, 11) is 1.56. The van der Waals surface area contributed by atoms with Gasteiger partial charge in [-0.05, 0) is 37.4 Å². The summed E-state index contributed by atoms with van der Waals surface area (Å²) in [4.78, 5) is 0. The van der Waals surface area contributed by atoms with Gasteiger partial charge in [-0.3, -0.25) is 0 Å². The maximum Gasteiger partial charge on any atom is 0.130 e. The van der Waals surface area contributed by atoms with E-state index in [2.05, 4.69) is 19.2 Å². The van der Waals surface area contributed by atoms with Gasteiger partial charge in [-0.1, -0.05) is 32.8 Å². The highest BCUT2D eigenvalue weighted by Crippen LogP contribution is 2.18. The largest absolute Gasteiger partial charge is 0.497 e. The summed E-state index contributed by atoms with van der Waals surface area (Å²) in [5, 5.41) is 3.40. The van der Waals surface area contributed by atoms with Crippen LogP contribution in [0, 0.1) is 5.82 Å². The van der Waals surface area contributed by atoms with E-state index in [9.17, 15) is 4.39 Å². The monoisotopic (exact) mass is 267 g/mol. The van der Waals surface area contributed by atoms with Gasteiger partial charge < -0.3 is 10.1 Å². The van der Waals surface area contributed by atoms with Gasteiger partial charge in [0, 0.05) is 12.1 Å². The lowest BCUT2D eigenvalue weighted by Gasteiger charge is -2.08. The summed E-state index contributed by atoms with van der Waals surface area (Å²) in [6, 6.07) is 5.68. The van der Waals surface area contributed by atoms with Crippen molar-refractivity contribution in [2.75, 3.05) is 13.7 Å². The van der Waals surface area contributed by atoms with Crippen LogP contribution in [-0.2, 0) is 6.42 Å². The van der Waals surface area contributed by atoms with E-state index in [0.29, 0.717) is 11.8 Å². The van der Waals surface area contributed by atoms with E-state index in [1.54, 1.807) is 7.11 Å². The predicted octanol–water partition coefficient (Wildman–Crippen LogP) is 3.94. The summed E-state index contributed by atoms with van der Waals surface area (Å²) in [6.45, 7) is 5.40. The van der Waals surface area contributed by atoms with Crippen LogP contribution in [0.15, 0.2) is 18.2 Å². The molecule has 0 bridgehead atoms. The minimum Gasteiger partial charge on any atom is -0.497 e. The molecule has 0 aliphatic rings. The van der Waals surface area contributed by atoms with Gasteiger partial charge in [0.2, 0.25) is 0 Å². The number of ether oxygens (including phenoxy) is 1. The maximum absolute atomic E-state index is 13.7. The smallest absolute Gasteiger partial charge is 0.130 e. The van der Waals surface area contributed by atoms with Crippen molar-refractivity contribution in [1.29, 1.82) is 0 Å². The van der Waals surface area contributed by atoms with Gasteiger partial charge in [0.1, 0.15) is 11.6 Å². The van der Waals surface area contributed by atoms with Crippen molar-refractivity contribution >= 4 is 0 Å². The van der Waals surface area contributed by atoms with Crippen LogP contribution in [0.25, 0.3) is 0 Å². The molecule has 0 saturated heterocycles. The van der Waals surface area contributed by atoms with Crippen LogP contribution in [0.2, 0.25) is 0 Å². The molecule has 1 aromatic rings. The summed E-state index contributed by atoms with van der Waals surface area (Å²) < 4.78 is 18.7. The number of unbranched alkanes of at least 4 members (excludes halogenated alkanes) is 3. The van der Waals surface area contributed by atoms with Crippen molar-refractivity contribution in [3.63, 3.8) is 0 Å². The van der Waals surface area contributed by atoms with Gasteiger partial charge in [0.25, 0.3) is 0 Å². The van der Waals surface area contributed by atoms with E-state index < -0.39 is 0 Å². The van der Waals surface area contributed by atoms with E-state index in [-0.39, 0.29) is 5.82 Å². The predicted molar refractivity (Wildman–Crippen MR) is 78.3 cm³/mol. The second-order valence-corrected chi connectivity index (χ2v) is 5.23. The van der Waals surface area contributed by atoms with E-state index in [1.165, 1.54) is 18.9 Å². The van der Waals surface area contributed by atoms with Crippen LogP contribution in [0.1, 0.15) is 45.1 Å². The fourth-order valence-electron chi connectivity index (χ4n) is 2.04. The molecule has 1 aromatic carbocycles. The van der Waals surface area contributed by atoms with Crippen molar-refractivity contribution in [1.82, 2.24) is 5.32 Å². The van der Waals surface area contributed by atoms with Crippen molar-refractivity contribution in [3.05, 3.63) is 29.6 Å². The molecule has 0 aromatic heterocycles. The fraction of sp³-hybridized carbons (Fsp3) is 0.625. The highest BCUT2D eigenvalue weighted by molar-refractivity contribution is 5.28. The molecule has 0 saturated carbocycles. The van der Waals surface area contributed by atoms with Crippen LogP contribution in [0.5, 0.6) is 5.75 Å². The molecule has 3 heteroatoms. The zero-order chi connectivity index (χ0) is 14.1. The van der Waals surface area contributed by atoms with Crippen molar-refractivity contribution < 1.29 is 9.13 Å². The summed E-state index contributed by atoms with van der Waals surface area (Å²) >= 11 is 0. The van der Waals surface area contributed by atoms with Crippen LogP contribution in [-0.4, -0.2) is 19.7 Å². The van der Waals surface area contributed by atoms with Crippen molar-refractivity contribution in [2.24, 2.45) is 0 Å². The SMILES string of the molecule is COc1ccc(CCCCCCNC(C)C)c(F)c1. The maximum atomic E-state index is 13.7. The first kappa shape index (κ1) is 16.0. The van der Waals surface area contributed by atoms with Crippen molar-refractivity contribution in [2.45, 2.75) is 52.0 Å². The van der Waals surface area contributed by atoms with Crippen molar-refractivity contribution in [3.8, 4) is 5.75 Å². The van der Waals surface area contributed by atoms with Gasteiger partial charge in [0.05, 0.1) is 7.11 Å². The van der Waals surface area contributed by atoms with E-state index in [0.717, 1.165) is 31.4 Å². The molecule has 0 aliphatic heterocycles. The summed E-state index contributed by atoms with van der Waals surface area (Å²) in [5.74, 6) is 0.432. The highest BCUT2D eigenvalue weighted by atomic mass is 19.1. The van der Waals surface area contributed by atoms with Crippen LogP contribution in [0.3, 0.4) is 0 Å². The Balaban J connectivity index is 2.15. The van der Waals surface area contributed by atoms with Gasteiger partial charge in [-0.25, -0.2) is 4.39 Å². The standard InChI is InChI=1S/C16H26FNO/c1-13(2)18-11-7-5-4-6-8-14-9-10-15(19-3)12-16(14)17/h9-10,12-13,18H,4-8,11H2,1-3H3. The zero-order valence-corrected chi connectivity index (χ0v) is 12.3.